The van der Waals surface area contributed by atoms with Crippen molar-refractivity contribution in [2.75, 3.05) is 6.54 Å². The van der Waals surface area contributed by atoms with Gasteiger partial charge in [0, 0.05) is 31.3 Å². The van der Waals surface area contributed by atoms with E-state index < -0.39 is 13.0 Å². The van der Waals surface area contributed by atoms with E-state index in [9.17, 15) is 13.6 Å². The fourth-order valence-corrected chi connectivity index (χ4v) is 3.14. The molecule has 0 aliphatic carbocycles. The zero-order valence-electron chi connectivity index (χ0n) is 14.4. The van der Waals surface area contributed by atoms with Crippen molar-refractivity contribution in [3.63, 3.8) is 0 Å². The van der Waals surface area contributed by atoms with Gasteiger partial charge in [-0.15, -0.1) is 0 Å². The van der Waals surface area contributed by atoms with Crippen LogP contribution in [-0.2, 0) is 17.9 Å². The fraction of sp³-hybridized carbons (Fsp3) is 0.333. The first-order valence-corrected chi connectivity index (χ1v) is 8.61. The summed E-state index contributed by atoms with van der Waals surface area (Å²) >= 11 is 0. The summed E-state index contributed by atoms with van der Waals surface area (Å²) in [6.45, 7) is 0.765. The fourth-order valence-electron chi connectivity index (χ4n) is 3.14. The minimum atomic E-state index is -2.53. The van der Waals surface area contributed by atoms with Crippen LogP contribution in [0.15, 0.2) is 41.1 Å². The Kier molecular flexibility index (Phi) is 4.66. The summed E-state index contributed by atoms with van der Waals surface area (Å²) in [5, 5.41) is 7.82. The maximum atomic E-state index is 12.6. The monoisotopic (exact) mass is 373 g/mol. The smallest absolute Gasteiger partial charge is 0.276 e. The van der Waals surface area contributed by atoms with E-state index >= 15 is 0 Å². The molecule has 4 rings (SSSR count). The SMILES string of the molecule is O=C1CCCN1Cc1cccc(-c2noc(-c3ccnn3CC(F)F)n2)c1. The molecule has 2 aromatic heterocycles. The Bertz CT molecular complexity index is 953. The summed E-state index contributed by atoms with van der Waals surface area (Å²) in [5.41, 5.74) is 2.04. The highest BCUT2D eigenvalue weighted by Gasteiger charge is 2.21. The van der Waals surface area contributed by atoms with Gasteiger partial charge in [-0.3, -0.25) is 9.48 Å². The standard InChI is InChI=1S/C18H17F2N5O2/c19-15(20)11-25-14(6-7-21-25)18-22-17(23-27-18)13-4-1-3-12(9-13)10-24-8-2-5-16(24)26/h1,3-4,6-7,9,15H,2,5,8,10-11H2. The molecule has 1 saturated heterocycles. The highest BCUT2D eigenvalue weighted by Crippen LogP contribution is 2.24. The average molecular weight is 373 g/mol. The summed E-state index contributed by atoms with van der Waals surface area (Å²) in [5.74, 6) is 0.641. The third-order valence-corrected chi connectivity index (χ3v) is 4.40. The van der Waals surface area contributed by atoms with Crippen LogP contribution in [0.2, 0.25) is 0 Å². The maximum Gasteiger partial charge on any atom is 0.276 e. The van der Waals surface area contributed by atoms with Crippen molar-refractivity contribution >= 4 is 5.91 Å². The average Bonchev–Trinajstić information content (AvgIpc) is 3.37. The van der Waals surface area contributed by atoms with Crippen molar-refractivity contribution in [3.8, 4) is 23.0 Å². The molecule has 1 aliphatic heterocycles. The van der Waals surface area contributed by atoms with E-state index in [-0.39, 0.29) is 11.8 Å². The van der Waals surface area contributed by atoms with Crippen LogP contribution in [0, 0.1) is 0 Å². The lowest BCUT2D eigenvalue weighted by Crippen LogP contribution is -2.23. The Morgan fingerprint density at radius 1 is 1.26 bits per heavy atom. The van der Waals surface area contributed by atoms with Crippen LogP contribution >= 0.6 is 0 Å². The summed E-state index contributed by atoms with van der Waals surface area (Å²) in [7, 11) is 0. The van der Waals surface area contributed by atoms with E-state index in [1.54, 1.807) is 6.07 Å². The molecule has 9 heteroatoms. The zero-order chi connectivity index (χ0) is 18.8. The number of hydrogen-bond acceptors (Lipinski definition) is 5. The van der Waals surface area contributed by atoms with Crippen LogP contribution in [0.4, 0.5) is 8.78 Å². The van der Waals surface area contributed by atoms with E-state index in [0.29, 0.717) is 24.5 Å². The molecule has 1 amide bonds. The number of nitrogens with zero attached hydrogens (tertiary/aromatic N) is 5. The molecule has 140 valence electrons. The van der Waals surface area contributed by atoms with Crippen LogP contribution in [0.5, 0.6) is 0 Å². The van der Waals surface area contributed by atoms with Crippen LogP contribution in [0.3, 0.4) is 0 Å². The highest BCUT2D eigenvalue weighted by molar-refractivity contribution is 5.78. The third kappa shape index (κ3) is 3.71. The molecule has 0 atom stereocenters. The number of aromatic nitrogens is 4. The summed E-state index contributed by atoms with van der Waals surface area (Å²) in [6, 6.07) is 9.09. The number of rotatable bonds is 6. The lowest BCUT2D eigenvalue weighted by Gasteiger charge is -2.15. The largest absolute Gasteiger partial charge is 0.338 e. The Balaban J connectivity index is 1.56. The molecule has 27 heavy (non-hydrogen) atoms. The Morgan fingerprint density at radius 3 is 2.93 bits per heavy atom. The highest BCUT2D eigenvalue weighted by atomic mass is 19.3. The zero-order valence-corrected chi connectivity index (χ0v) is 14.4. The van der Waals surface area contributed by atoms with E-state index in [4.69, 9.17) is 4.52 Å². The van der Waals surface area contributed by atoms with E-state index in [0.717, 1.165) is 28.8 Å². The molecule has 1 aliphatic rings. The lowest BCUT2D eigenvalue weighted by atomic mass is 10.1. The number of carbonyl (C=O) groups excluding carboxylic acids is 1. The number of amides is 1. The number of benzene rings is 1. The van der Waals surface area contributed by atoms with Gasteiger partial charge >= 0.3 is 0 Å². The van der Waals surface area contributed by atoms with E-state index in [2.05, 4.69) is 15.2 Å². The molecule has 1 fully saturated rings. The van der Waals surface area contributed by atoms with Gasteiger partial charge in [0.05, 0.1) is 0 Å². The number of alkyl halides is 2. The predicted molar refractivity (Wildman–Crippen MR) is 91.6 cm³/mol. The van der Waals surface area contributed by atoms with E-state index in [1.165, 1.54) is 6.20 Å². The molecule has 0 N–H and O–H groups in total. The number of hydrogen-bond donors (Lipinski definition) is 0. The van der Waals surface area contributed by atoms with Gasteiger partial charge in [0.15, 0.2) is 0 Å². The minimum absolute atomic E-state index is 0.128. The van der Waals surface area contributed by atoms with Gasteiger partial charge in [-0.25, -0.2) is 8.78 Å². The second-order valence-electron chi connectivity index (χ2n) is 6.33. The molecule has 0 saturated carbocycles. The van der Waals surface area contributed by atoms with Gasteiger partial charge in [0.2, 0.25) is 11.7 Å². The van der Waals surface area contributed by atoms with Gasteiger partial charge in [-0.05, 0) is 24.1 Å². The van der Waals surface area contributed by atoms with Gasteiger partial charge in [0.1, 0.15) is 12.2 Å². The summed E-state index contributed by atoms with van der Waals surface area (Å²) < 4.78 is 31.7. The molecule has 0 spiro atoms. The first-order valence-electron chi connectivity index (χ1n) is 8.61. The normalized spacial score (nSPS) is 14.5. The molecular formula is C18H17F2N5O2. The van der Waals surface area contributed by atoms with Crippen molar-refractivity contribution < 1.29 is 18.1 Å². The maximum absolute atomic E-state index is 12.6. The summed E-state index contributed by atoms with van der Waals surface area (Å²) in [6.07, 6.45) is 0.366. The topological polar surface area (TPSA) is 77.0 Å². The molecule has 3 aromatic rings. The van der Waals surface area contributed by atoms with Crippen molar-refractivity contribution in [1.82, 2.24) is 24.8 Å². The third-order valence-electron chi connectivity index (χ3n) is 4.40. The number of carbonyl (C=O) groups is 1. The van der Waals surface area contributed by atoms with Crippen LogP contribution < -0.4 is 0 Å². The molecule has 0 radical (unpaired) electrons. The van der Waals surface area contributed by atoms with Crippen LogP contribution in [-0.4, -0.2) is 43.7 Å². The molecule has 0 unspecified atom stereocenters. The van der Waals surface area contributed by atoms with Crippen molar-refractivity contribution in [3.05, 3.63) is 42.1 Å². The van der Waals surface area contributed by atoms with Crippen LogP contribution in [0.1, 0.15) is 18.4 Å². The van der Waals surface area contributed by atoms with Crippen molar-refractivity contribution in [1.29, 1.82) is 0 Å². The van der Waals surface area contributed by atoms with Crippen molar-refractivity contribution in [2.24, 2.45) is 0 Å². The van der Waals surface area contributed by atoms with Crippen molar-refractivity contribution in [2.45, 2.75) is 32.4 Å². The van der Waals surface area contributed by atoms with Gasteiger partial charge < -0.3 is 9.42 Å². The predicted octanol–water partition coefficient (Wildman–Crippen LogP) is 2.99. The van der Waals surface area contributed by atoms with Gasteiger partial charge in [0.25, 0.3) is 12.3 Å². The first-order chi connectivity index (χ1) is 13.1. The van der Waals surface area contributed by atoms with Gasteiger partial charge in [-0.1, -0.05) is 23.4 Å². The second kappa shape index (κ2) is 7.26. The minimum Gasteiger partial charge on any atom is -0.338 e. The lowest BCUT2D eigenvalue weighted by molar-refractivity contribution is -0.128. The quantitative estimate of drug-likeness (QED) is 0.664. The molecule has 3 heterocycles. The van der Waals surface area contributed by atoms with Crippen LogP contribution in [0.25, 0.3) is 23.0 Å². The molecule has 0 bridgehead atoms. The van der Waals surface area contributed by atoms with Gasteiger partial charge in [-0.2, -0.15) is 10.1 Å². The Labute approximate surface area is 153 Å². The molecular weight excluding hydrogens is 356 g/mol. The number of halogens is 2. The Hall–Kier alpha value is -3.10. The Morgan fingerprint density at radius 2 is 2.15 bits per heavy atom. The van der Waals surface area contributed by atoms with E-state index in [1.807, 2.05) is 29.2 Å². The second-order valence-corrected chi connectivity index (χ2v) is 6.33. The molecule has 7 nitrogen and oxygen atoms in total. The molecule has 1 aromatic carbocycles. The summed E-state index contributed by atoms with van der Waals surface area (Å²) in [4.78, 5) is 17.9. The number of likely N-dealkylation sites (tertiary alicyclic amines) is 1. The first kappa shape index (κ1) is 17.3.